The molecule has 0 aliphatic carbocycles. The number of hydrogen-bond donors (Lipinski definition) is 1. The molecule has 26 heavy (non-hydrogen) atoms. The van der Waals surface area contributed by atoms with Crippen molar-refractivity contribution >= 4 is 44.4 Å². The summed E-state index contributed by atoms with van der Waals surface area (Å²) in [5.74, 6) is 0.939. The largest absolute Gasteiger partial charge is 0.378 e. The van der Waals surface area contributed by atoms with Gasteiger partial charge >= 0.3 is 0 Å². The number of nitrogens with two attached hydrogens (primary N) is 1. The molecule has 1 aliphatic heterocycles. The first-order valence-corrected chi connectivity index (χ1v) is 9.21. The molecule has 1 aromatic carbocycles. The normalized spacial score (nSPS) is 15.0. The van der Waals surface area contributed by atoms with Gasteiger partial charge in [-0.05, 0) is 17.5 Å². The highest BCUT2D eigenvalue weighted by molar-refractivity contribution is 7.22. The molecule has 7 nitrogen and oxygen atoms in total. The van der Waals surface area contributed by atoms with E-state index < -0.39 is 0 Å². The van der Waals surface area contributed by atoms with E-state index in [-0.39, 0.29) is 5.95 Å². The molecule has 1 saturated heterocycles. The Balaban J connectivity index is 1.66. The van der Waals surface area contributed by atoms with Gasteiger partial charge in [0.2, 0.25) is 5.95 Å². The number of morpholine rings is 1. The first-order chi connectivity index (χ1) is 12.8. The van der Waals surface area contributed by atoms with Crippen molar-refractivity contribution in [2.45, 2.75) is 0 Å². The average Bonchev–Trinajstić information content (AvgIpc) is 3.12. The summed E-state index contributed by atoms with van der Waals surface area (Å²) in [5.41, 5.74) is 7.90. The Labute approximate surface area is 153 Å². The van der Waals surface area contributed by atoms with Crippen LogP contribution in [0.2, 0.25) is 0 Å². The van der Waals surface area contributed by atoms with Crippen LogP contribution in [-0.4, -0.2) is 46.2 Å². The first-order valence-electron chi connectivity index (χ1n) is 8.40. The second kappa shape index (κ2) is 6.15. The van der Waals surface area contributed by atoms with E-state index in [0.717, 1.165) is 29.5 Å². The Morgan fingerprint density at radius 2 is 1.92 bits per heavy atom. The van der Waals surface area contributed by atoms with Crippen molar-refractivity contribution in [3.8, 4) is 10.6 Å². The van der Waals surface area contributed by atoms with E-state index >= 15 is 0 Å². The van der Waals surface area contributed by atoms with Crippen molar-refractivity contribution in [3.63, 3.8) is 0 Å². The fraction of sp³-hybridized carbons (Fsp3) is 0.222. The number of aromatic nitrogens is 4. The predicted octanol–water partition coefficient (Wildman–Crippen LogP) is 2.72. The number of hydrogen-bond acceptors (Lipinski definition) is 8. The number of thiophene rings is 1. The highest BCUT2D eigenvalue weighted by atomic mass is 32.1. The Morgan fingerprint density at radius 3 is 2.77 bits per heavy atom. The molecule has 0 saturated carbocycles. The summed E-state index contributed by atoms with van der Waals surface area (Å²) < 4.78 is 6.67. The van der Waals surface area contributed by atoms with Crippen molar-refractivity contribution in [1.29, 1.82) is 0 Å². The molecule has 8 heteroatoms. The summed E-state index contributed by atoms with van der Waals surface area (Å²) in [5, 5.41) is 1.20. The molecule has 4 heterocycles. The van der Waals surface area contributed by atoms with Gasteiger partial charge in [0.05, 0.1) is 30.0 Å². The van der Waals surface area contributed by atoms with Gasteiger partial charge in [0.25, 0.3) is 0 Å². The van der Waals surface area contributed by atoms with Crippen LogP contribution < -0.4 is 10.6 Å². The Kier molecular flexibility index (Phi) is 3.65. The Morgan fingerprint density at radius 1 is 1.08 bits per heavy atom. The highest BCUT2D eigenvalue weighted by Crippen LogP contribution is 2.33. The first kappa shape index (κ1) is 15.4. The zero-order valence-electron chi connectivity index (χ0n) is 13.9. The van der Waals surface area contributed by atoms with Crippen molar-refractivity contribution in [1.82, 2.24) is 19.9 Å². The number of rotatable bonds is 2. The van der Waals surface area contributed by atoms with Crippen LogP contribution >= 0.6 is 11.3 Å². The maximum absolute atomic E-state index is 5.89. The molecular formula is C18H16N6OS. The van der Waals surface area contributed by atoms with Gasteiger partial charge in [0.15, 0.2) is 17.0 Å². The van der Waals surface area contributed by atoms with Crippen LogP contribution in [0.1, 0.15) is 0 Å². The van der Waals surface area contributed by atoms with Crippen molar-refractivity contribution in [3.05, 3.63) is 36.5 Å². The number of benzene rings is 1. The smallest absolute Gasteiger partial charge is 0.224 e. The molecule has 130 valence electrons. The van der Waals surface area contributed by atoms with Gasteiger partial charge in [-0.1, -0.05) is 18.2 Å². The van der Waals surface area contributed by atoms with Gasteiger partial charge < -0.3 is 15.4 Å². The van der Waals surface area contributed by atoms with E-state index in [1.165, 1.54) is 10.1 Å². The van der Waals surface area contributed by atoms with Crippen LogP contribution in [0.15, 0.2) is 36.5 Å². The fourth-order valence-electron chi connectivity index (χ4n) is 3.13. The molecular weight excluding hydrogens is 348 g/mol. The van der Waals surface area contributed by atoms with Crippen LogP contribution in [0.4, 0.5) is 11.8 Å². The van der Waals surface area contributed by atoms with E-state index in [2.05, 4.69) is 38.1 Å². The fourth-order valence-corrected chi connectivity index (χ4v) is 4.15. The lowest BCUT2D eigenvalue weighted by Crippen LogP contribution is -2.37. The Hall–Kier alpha value is -2.84. The quantitative estimate of drug-likeness (QED) is 0.585. The lowest BCUT2D eigenvalue weighted by molar-refractivity contribution is 0.122. The molecule has 3 aromatic heterocycles. The molecule has 0 bridgehead atoms. The van der Waals surface area contributed by atoms with Gasteiger partial charge in [-0.15, -0.1) is 11.3 Å². The SMILES string of the molecule is Nc1nc(N2CCOCC2)c2nc(-c3cc4ccccc4s3)cnc2n1. The molecule has 0 radical (unpaired) electrons. The predicted molar refractivity (Wildman–Crippen MR) is 103 cm³/mol. The number of anilines is 2. The van der Waals surface area contributed by atoms with Crippen LogP contribution in [0.3, 0.4) is 0 Å². The molecule has 2 N–H and O–H groups in total. The van der Waals surface area contributed by atoms with Crippen LogP contribution in [-0.2, 0) is 4.74 Å². The Bertz CT molecular complexity index is 1070. The second-order valence-corrected chi connectivity index (χ2v) is 7.16. The van der Waals surface area contributed by atoms with E-state index in [0.29, 0.717) is 24.4 Å². The maximum atomic E-state index is 5.89. The molecule has 4 aromatic rings. The molecule has 0 spiro atoms. The van der Waals surface area contributed by atoms with Crippen LogP contribution in [0, 0.1) is 0 Å². The zero-order chi connectivity index (χ0) is 17.5. The molecule has 1 fully saturated rings. The summed E-state index contributed by atoms with van der Waals surface area (Å²) in [6, 6.07) is 10.4. The van der Waals surface area contributed by atoms with Crippen LogP contribution in [0.5, 0.6) is 0 Å². The third-order valence-electron chi connectivity index (χ3n) is 4.39. The van der Waals surface area contributed by atoms with Gasteiger partial charge in [-0.3, -0.25) is 0 Å². The lowest BCUT2D eigenvalue weighted by Gasteiger charge is -2.28. The molecule has 0 amide bonds. The minimum atomic E-state index is 0.211. The van der Waals surface area contributed by atoms with Crippen molar-refractivity contribution < 1.29 is 4.74 Å². The van der Waals surface area contributed by atoms with Crippen LogP contribution in [0.25, 0.3) is 31.8 Å². The third-order valence-corrected chi connectivity index (χ3v) is 5.53. The highest BCUT2D eigenvalue weighted by Gasteiger charge is 2.19. The summed E-state index contributed by atoms with van der Waals surface area (Å²) in [6.07, 6.45) is 1.75. The minimum Gasteiger partial charge on any atom is -0.378 e. The number of nitrogen functional groups attached to an aromatic ring is 1. The minimum absolute atomic E-state index is 0.211. The lowest BCUT2D eigenvalue weighted by atomic mass is 10.2. The number of fused-ring (bicyclic) bond motifs is 2. The monoisotopic (exact) mass is 364 g/mol. The maximum Gasteiger partial charge on any atom is 0.224 e. The molecule has 0 atom stereocenters. The van der Waals surface area contributed by atoms with E-state index in [4.69, 9.17) is 15.5 Å². The van der Waals surface area contributed by atoms with E-state index in [9.17, 15) is 0 Å². The summed E-state index contributed by atoms with van der Waals surface area (Å²) in [6.45, 7) is 2.82. The second-order valence-electron chi connectivity index (χ2n) is 6.08. The third kappa shape index (κ3) is 2.63. The summed E-state index contributed by atoms with van der Waals surface area (Å²) in [4.78, 5) is 21.2. The van der Waals surface area contributed by atoms with Gasteiger partial charge in [0, 0.05) is 17.8 Å². The van der Waals surface area contributed by atoms with Gasteiger partial charge in [-0.2, -0.15) is 9.97 Å². The molecule has 0 unspecified atom stereocenters. The average molecular weight is 364 g/mol. The molecule has 5 rings (SSSR count). The van der Waals surface area contributed by atoms with Crippen molar-refractivity contribution in [2.24, 2.45) is 0 Å². The number of nitrogens with zero attached hydrogens (tertiary/aromatic N) is 5. The summed E-state index contributed by atoms with van der Waals surface area (Å²) in [7, 11) is 0. The van der Waals surface area contributed by atoms with Gasteiger partial charge in [0.1, 0.15) is 0 Å². The summed E-state index contributed by atoms with van der Waals surface area (Å²) >= 11 is 1.70. The van der Waals surface area contributed by atoms with E-state index in [1.807, 2.05) is 12.1 Å². The van der Waals surface area contributed by atoms with Crippen molar-refractivity contribution in [2.75, 3.05) is 36.9 Å². The molecule has 1 aliphatic rings. The van der Waals surface area contributed by atoms with E-state index in [1.54, 1.807) is 17.5 Å². The number of ether oxygens (including phenoxy) is 1. The topological polar surface area (TPSA) is 90.0 Å². The standard InChI is InChI=1S/C18H16N6OS/c19-18-22-16-15(17(23-18)24-5-7-25-8-6-24)21-12(10-20-16)14-9-11-3-1-2-4-13(11)26-14/h1-4,9-10H,5-8H2,(H2,19,20,22,23). The zero-order valence-corrected chi connectivity index (χ0v) is 14.7. The van der Waals surface area contributed by atoms with Gasteiger partial charge in [-0.25, -0.2) is 9.97 Å².